The van der Waals surface area contributed by atoms with E-state index < -0.39 is 21.5 Å². The summed E-state index contributed by atoms with van der Waals surface area (Å²) in [6.45, 7) is 18.6. The molecule has 6 rings (SSSR count). The van der Waals surface area contributed by atoms with Crippen molar-refractivity contribution in [1.82, 2.24) is 0 Å². The van der Waals surface area contributed by atoms with Crippen molar-refractivity contribution in [3.8, 4) is 22.3 Å². The van der Waals surface area contributed by atoms with Gasteiger partial charge in [0.05, 0.1) is 0 Å². The SMILES string of the molecule is CCCCC1=Cc2c(ccc(C)c2-c2ccccc2C)[CH]1[Zr]([Cl])([Cl])([CH]1C(CCCC)=Cc2c1ccc(C)c2-c1ccccc1C)[SiH](C)C. The van der Waals surface area contributed by atoms with Crippen molar-refractivity contribution in [2.45, 2.75) is 100 Å². The molecule has 0 heterocycles. The van der Waals surface area contributed by atoms with Crippen molar-refractivity contribution in [2.75, 3.05) is 0 Å². The number of unbranched alkanes of at least 4 members (excludes halogenated alkanes) is 2. The van der Waals surface area contributed by atoms with Crippen LogP contribution in [0.5, 0.6) is 0 Å². The van der Waals surface area contributed by atoms with E-state index in [1.807, 2.05) is 0 Å². The zero-order chi connectivity index (χ0) is 34.4. The number of hydrogen-bond donors (Lipinski definition) is 0. The first kappa shape index (κ1) is 35.9. The van der Waals surface area contributed by atoms with E-state index in [4.69, 9.17) is 17.0 Å². The zero-order valence-corrected chi connectivity index (χ0v) is 35.4. The second-order valence-electron chi connectivity index (χ2n) is 15.0. The standard InChI is InChI=1S/2C21H23.C2H7Si.2ClH.Zr/c2*1-4-5-9-17-13-18-12-11-16(3)21(20(18)14-17)19-10-7-6-8-15(19)2;1-3-2;;;/h2*6-8,10-14H,4-5,9H2,1-3H3;3H,1-2H3;2*1H;/q;;;;;+2/p-2. The van der Waals surface area contributed by atoms with Gasteiger partial charge in [-0.1, -0.05) is 0 Å². The first-order chi connectivity index (χ1) is 22.9. The second kappa shape index (κ2) is 14.0. The van der Waals surface area contributed by atoms with E-state index in [1.165, 1.54) is 77.9 Å². The van der Waals surface area contributed by atoms with E-state index in [-0.39, 0.29) is 7.25 Å². The van der Waals surface area contributed by atoms with Gasteiger partial charge < -0.3 is 0 Å². The number of allylic oxidation sites excluding steroid dienone is 2. The molecule has 4 aromatic carbocycles. The van der Waals surface area contributed by atoms with Gasteiger partial charge in [0.25, 0.3) is 0 Å². The molecule has 48 heavy (non-hydrogen) atoms. The third-order valence-electron chi connectivity index (χ3n) is 11.7. The van der Waals surface area contributed by atoms with Crippen molar-refractivity contribution < 1.29 is 15.6 Å². The molecule has 0 amide bonds. The number of halogens is 2. The van der Waals surface area contributed by atoms with Crippen LogP contribution in [0.2, 0.25) is 13.1 Å². The summed E-state index contributed by atoms with van der Waals surface area (Å²) in [6, 6.07) is 27.3. The normalized spacial score (nSPS) is 17.9. The monoisotopic (exact) mass is 769 g/mol. The van der Waals surface area contributed by atoms with Crippen LogP contribution in [0.25, 0.3) is 34.4 Å². The maximum absolute atomic E-state index is 8.84. The average molecular weight is 772 g/mol. The molecule has 2 aliphatic rings. The van der Waals surface area contributed by atoms with Gasteiger partial charge in [0, 0.05) is 0 Å². The molecule has 4 aromatic rings. The van der Waals surface area contributed by atoms with Crippen molar-refractivity contribution in [2.24, 2.45) is 0 Å². The average Bonchev–Trinajstić information content (AvgIpc) is 3.63. The van der Waals surface area contributed by atoms with E-state index >= 15 is 0 Å². The van der Waals surface area contributed by atoms with E-state index in [0.717, 1.165) is 38.5 Å². The van der Waals surface area contributed by atoms with Gasteiger partial charge in [0.15, 0.2) is 0 Å². The first-order valence-electron chi connectivity index (χ1n) is 18.3. The molecule has 4 heteroatoms. The fraction of sp³-hybridized carbons (Fsp3) is 0.364. The Kier molecular flexibility index (Phi) is 10.4. The molecule has 0 radical (unpaired) electrons. The summed E-state index contributed by atoms with van der Waals surface area (Å²) in [5.41, 5.74) is 19.2. The Balaban J connectivity index is 1.65. The molecule has 0 N–H and O–H groups in total. The fourth-order valence-corrected chi connectivity index (χ4v) is 40.5. The van der Waals surface area contributed by atoms with Crippen molar-refractivity contribution >= 4 is 35.1 Å². The Morgan fingerprint density at radius 3 is 1.31 bits per heavy atom. The summed E-state index contributed by atoms with van der Waals surface area (Å²) in [5, 5.41) is 0. The van der Waals surface area contributed by atoms with Gasteiger partial charge in [-0.15, -0.1) is 0 Å². The molecular formula is C44H53Cl2SiZr. The van der Waals surface area contributed by atoms with Gasteiger partial charge >= 0.3 is 302 Å². The number of hydrogen-bond acceptors (Lipinski definition) is 0. The van der Waals surface area contributed by atoms with E-state index in [9.17, 15) is 0 Å². The van der Waals surface area contributed by atoms with E-state index in [1.54, 1.807) is 0 Å². The molecule has 2 aliphatic carbocycles. The molecule has 251 valence electrons. The van der Waals surface area contributed by atoms with Crippen LogP contribution in [0, 0.1) is 27.7 Å². The Labute approximate surface area is 299 Å². The fourth-order valence-electron chi connectivity index (χ4n) is 8.99. The second-order valence-corrected chi connectivity index (χ2v) is 57.5. The van der Waals surface area contributed by atoms with Crippen LogP contribution in [0.15, 0.2) is 83.9 Å². The third-order valence-corrected chi connectivity index (χ3v) is 63.5. The van der Waals surface area contributed by atoms with Crippen molar-refractivity contribution in [3.05, 3.63) is 128 Å². The van der Waals surface area contributed by atoms with Crippen LogP contribution in [0.4, 0.5) is 0 Å². The summed E-state index contributed by atoms with van der Waals surface area (Å²) in [4.78, 5) is 0. The number of aryl methyl sites for hydroxylation is 4. The van der Waals surface area contributed by atoms with Gasteiger partial charge in [-0.3, -0.25) is 0 Å². The van der Waals surface area contributed by atoms with Crippen molar-refractivity contribution in [3.63, 3.8) is 0 Å². The molecule has 0 bridgehead atoms. The molecular weight excluding hydrogens is 719 g/mol. The summed E-state index contributed by atoms with van der Waals surface area (Å²) >= 11 is -4.88. The van der Waals surface area contributed by atoms with Crippen LogP contribution < -0.4 is 0 Å². The molecule has 0 spiro atoms. The van der Waals surface area contributed by atoms with Gasteiger partial charge in [-0.2, -0.15) is 0 Å². The number of benzene rings is 4. The van der Waals surface area contributed by atoms with Crippen LogP contribution in [0.1, 0.15) is 104 Å². The summed E-state index contributed by atoms with van der Waals surface area (Å²) in [6.07, 6.45) is 11.9. The minimum absolute atomic E-state index is 0.121. The maximum atomic E-state index is 8.84. The molecule has 2 atom stereocenters. The van der Waals surface area contributed by atoms with Crippen LogP contribution >= 0.6 is 17.0 Å². The summed E-state index contributed by atoms with van der Waals surface area (Å²) in [7, 11) is 17.7. The Hall–Kier alpha value is -1.96. The zero-order valence-electron chi connectivity index (χ0n) is 30.3. The topological polar surface area (TPSA) is 0 Å². The molecule has 0 saturated heterocycles. The first-order valence-corrected chi connectivity index (χ1v) is 34.6. The Morgan fingerprint density at radius 1 is 0.562 bits per heavy atom. The number of fused-ring (bicyclic) bond motifs is 2. The van der Waals surface area contributed by atoms with E-state index in [0.29, 0.717) is 0 Å². The van der Waals surface area contributed by atoms with Gasteiger partial charge in [-0.25, -0.2) is 0 Å². The Morgan fingerprint density at radius 2 is 0.958 bits per heavy atom. The minimum atomic E-state index is -4.88. The molecule has 0 nitrogen and oxygen atoms in total. The van der Waals surface area contributed by atoms with Gasteiger partial charge in [0.2, 0.25) is 0 Å². The molecule has 0 fully saturated rings. The summed E-state index contributed by atoms with van der Waals surface area (Å²) < 4.78 is 0.242. The molecule has 0 aliphatic heterocycles. The number of rotatable bonds is 11. The Bertz CT molecular complexity index is 1800. The van der Waals surface area contributed by atoms with Crippen molar-refractivity contribution in [1.29, 1.82) is 0 Å². The third kappa shape index (κ3) is 5.86. The molecule has 0 saturated carbocycles. The molecule has 0 aromatic heterocycles. The van der Waals surface area contributed by atoms with Gasteiger partial charge in [-0.05, 0) is 0 Å². The predicted molar refractivity (Wildman–Crippen MR) is 214 cm³/mol. The quantitative estimate of drug-likeness (QED) is 0.133. The van der Waals surface area contributed by atoms with Crippen LogP contribution in [-0.4, -0.2) is 5.92 Å². The van der Waals surface area contributed by atoms with Crippen LogP contribution in [-0.2, 0) is 15.6 Å². The van der Waals surface area contributed by atoms with Gasteiger partial charge in [0.1, 0.15) is 0 Å². The van der Waals surface area contributed by atoms with Crippen LogP contribution in [0.3, 0.4) is 0 Å². The molecule has 2 unspecified atom stereocenters. The summed E-state index contributed by atoms with van der Waals surface area (Å²) in [5.74, 6) is -1.65. The van der Waals surface area contributed by atoms with E-state index in [2.05, 4.69) is 140 Å². The predicted octanol–water partition coefficient (Wildman–Crippen LogP) is 14.2.